The number of H-pyrrole nitrogens is 1. The Labute approximate surface area is 129 Å². The average molecular weight is 305 g/mol. The summed E-state index contributed by atoms with van der Waals surface area (Å²) in [5.74, 6) is -0.210. The van der Waals surface area contributed by atoms with E-state index >= 15 is 0 Å². The Morgan fingerprint density at radius 3 is 2.77 bits per heavy atom. The minimum Gasteiger partial charge on any atom is -0.396 e. The summed E-state index contributed by atoms with van der Waals surface area (Å²) in [6.45, 7) is 5.92. The molecule has 22 heavy (non-hydrogen) atoms. The molecule has 0 radical (unpaired) electrons. The first kappa shape index (κ1) is 16.2. The van der Waals surface area contributed by atoms with Gasteiger partial charge in [-0.15, -0.1) is 0 Å². The Morgan fingerprint density at radius 1 is 1.50 bits per heavy atom. The van der Waals surface area contributed by atoms with Gasteiger partial charge in [-0.3, -0.25) is 14.6 Å². The van der Waals surface area contributed by atoms with Gasteiger partial charge in [0.05, 0.1) is 11.4 Å². The lowest BCUT2D eigenvalue weighted by Crippen LogP contribution is -2.35. The molecule has 0 spiro atoms. The average Bonchev–Trinajstić information content (AvgIpc) is 3.04. The third-order valence-corrected chi connectivity index (χ3v) is 3.89. The van der Waals surface area contributed by atoms with Crippen LogP contribution < -0.4 is 5.32 Å². The number of nitrogens with one attached hydrogen (secondary N) is 2. The van der Waals surface area contributed by atoms with E-state index in [1.165, 1.54) is 0 Å². The second kappa shape index (κ2) is 6.74. The Morgan fingerprint density at radius 2 is 2.23 bits per heavy atom. The van der Waals surface area contributed by atoms with Gasteiger partial charge in [0.25, 0.3) is 5.91 Å². The van der Waals surface area contributed by atoms with Crippen molar-refractivity contribution < 1.29 is 9.90 Å². The zero-order valence-corrected chi connectivity index (χ0v) is 13.5. The maximum absolute atomic E-state index is 12.2. The number of aromatic amines is 1. The third kappa shape index (κ3) is 3.19. The predicted octanol–water partition coefficient (Wildman–Crippen LogP) is 1.32. The van der Waals surface area contributed by atoms with Gasteiger partial charge >= 0.3 is 0 Å². The van der Waals surface area contributed by atoms with Gasteiger partial charge in [-0.2, -0.15) is 10.2 Å². The molecule has 3 N–H and O–H groups in total. The summed E-state index contributed by atoms with van der Waals surface area (Å²) in [5, 5.41) is 23.3. The number of carbonyl (C=O) groups is 1. The monoisotopic (exact) mass is 305 g/mol. The molecule has 1 unspecified atom stereocenters. The number of carbonyl (C=O) groups excluding carboxylic acids is 1. The quantitative estimate of drug-likeness (QED) is 0.750. The van der Waals surface area contributed by atoms with Crippen molar-refractivity contribution in [2.24, 2.45) is 7.05 Å². The fraction of sp³-hybridized carbons (Fsp3) is 0.533. The fourth-order valence-corrected chi connectivity index (χ4v) is 2.51. The molecule has 0 aromatic carbocycles. The first-order valence-corrected chi connectivity index (χ1v) is 7.45. The molecule has 0 bridgehead atoms. The summed E-state index contributed by atoms with van der Waals surface area (Å²) < 4.78 is 1.80. The number of hydrogen-bond acceptors (Lipinski definition) is 4. The number of amides is 1. The number of aliphatic hydroxyl groups is 1. The summed E-state index contributed by atoms with van der Waals surface area (Å²) >= 11 is 0. The first-order chi connectivity index (χ1) is 10.5. The molecule has 0 aliphatic heterocycles. The lowest BCUT2D eigenvalue weighted by molar-refractivity contribution is 0.0924. The molecule has 2 aromatic rings. The molecule has 7 heteroatoms. The van der Waals surface area contributed by atoms with Crippen LogP contribution >= 0.6 is 0 Å². The third-order valence-electron chi connectivity index (χ3n) is 3.89. The SMILES string of the molecule is CCC(CCO)NC(=O)c1cc(-c2c(C)nn(C)c2C)n[nH]1. The van der Waals surface area contributed by atoms with Crippen molar-refractivity contribution in [3.05, 3.63) is 23.1 Å². The molecule has 1 atom stereocenters. The molecule has 1 amide bonds. The zero-order chi connectivity index (χ0) is 16.3. The zero-order valence-electron chi connectivity index (χ0n) is 13.5. The van der Waals surface area contributed by atoms with Crippen molar-refractivity contribution in [3.63, 3.8) is 0 Å². The highest BCUT2D eigenvalue weighted by molar-refractivity contribution is 5.93. The number of hydrogen-bond donors (Lipinski definition) is 3. The second-order valence-corrected chi connectivity index (χ2v) is 5.43. The summed E-state index contributed by atoms with van der Waals surface area (Å²) in [5.41, 5.74) is 3.95. The van der Waals surface area contributed by atoms with E-state index in [0.29, 0.717) is 17.8 Å². The van der Waals surface area contributed by atoms with E-state index in [2.05, 4.69) is 20.6 Å². The molecule has 7 nitrogen and oxygen atoms in total. The van der Waals surface area contributed by atoms with Crippen LogP contribution in [0.15, 0.2) is 6.07 Å². The van der Waals surface area contributed by atoms with E-state index in [9.17, 15) is 4.79 Å². The molecule has 0 fully saturated rings. The maximum Gasteiger partial charge on any atom is 0.269 e. The van der Waals surface area contributed by atoms with Crippen molar-refractivity contribution in [2.75, 3.05) is 6.61 Å². The summed E-state index contributed by atoms with van der Waals surface area (Å²) in [6.07, 6.45) is 1.32. The van der Waals surface area contributed by atoms with Gasteiger partial charge in [-0.25, -0.2) is 0 Å². The van der Waals surface area contributed by atoms with Crippen LogP contribution in [0.2, 0.25) is 0 Å². The van der Waals surface area contributed by atoms with Crippen molar-refractivity contribution in [1.82, 2.24) is 25.3 Å². The molecule has 120 valence electrons. The van der Waals surface area contributed by atoms with Crippen LogP contribution in [0.3, 0.4) is 0 Å². The van der Waals surface area contributed by atoms with Crippen LogP contribution in [-0.2, 0) is 7.05 Å². The molecule has 0 aliphatic carbocycles. The number of aromatic nitrogens is 4. The Bertz CT molecular complexity index is 659. The summed E-state index contributed by atoms with van der Waals surface area (Å²) in [4.78, 5) is 12.2. The van der Waals surface area contributed by atoms with Gasteiger partial charge in [0, 0.05) is 31.0 Å². The standard InChI is InChI=1S/C15H23N5O2/c1-5-11(6-7-21)16-15(22)13-8-12(17-18-13)14-9(2)19-20(4)10(14)3/h8,11,21H,5-7H2,1-4H3,(H,16,22)(H,17,18). The van der Waals surface area contributed by atoms with Crippen LogP contribution in [-0.4, -0.2) is 43.6 Å². The van der Waals surface area contributed by atoms with Crippen LogP contribution in [0.25, 0.3) is 11.3 Å². The van der Waals surface area contributed by atoms with Gasteiger partial charge < -0.3 is 10.4 Å². The molecule has 0 saturated carbocycles. The van der Waals surface area contributed by atoms with E-state index < -0.39 is 0 Å². The smallest absolute Gasteiger partial charge is 0.269 e. The molecule has 2 rings (SSSR count). The van der Waals surface area contributed by atoms with Gasteiger partial charge in [0.1, 0.15) is 5.69 Å². The number of rotatable bonds is 6. The van der Waals surface area contributed by atoms with E-state index in [0.717, 1.165) is 23.4 Å². The summed E-state index contributed by atoms with van der Waals surface area (Å²) in [7, 11) is 1.88. The van der Waals surface area contributed by atoms with Crippen LogP contribution in [0.4, 0.5) is 0 Å². The van der Waals surface area contributed by atoms with Crippen LogP contribution in [0.5, 0.6) is 0 Å². The largest absolute Gasteiger partial charge is 0.396 e. The highest BCUT2D eigenvalue weighted by atomic mass is 16.3. The molecule has 2 aromatic heterocycles. The molecule has 2 heterocycles. The first-order valence-electron chi connectivity index (χ1n) is 7.45. The van der Waals surface area contributed by atoms with E-state index in [-0.39, 0.29) is 18.6 Å². The Hall–Kier alpha value is -2.15. The van der Waals surface area contributed by atoms with Crippen LogP contribution in [0, 0.1) is 13.8 Å². The van der Waals surface area contributed by atoms with E-state index in [1.54, 1.807) is 10.7 Å². The number of aliphatic hydroxyl groups excluding tert-OH is 1. The predicted molar refractivity (Wildman–Crippen MR) is 83.5 cm³/mol. The van der Waals surface area contributed by atoms with Gasteiger partial charge in [0.2, 0.25) is 0 Å². The highest BCUT2D eigenvalue weighted by Gasteiger charge is 2.18. The topological polar surface area (TPSA) is 95.8 Å². The maximum atomic E-state index is 12.2. The molecule has 0 aliphatic rings. The highest BCUT2D eigenvalue weighted by Crippen LogP contribution is 2.25. The minimum atomic E-state index is -0.210. The van der Waals surface area contributed by atoms with E-state index in [4.69, 9.17) is 5.11 Å². The van der Waals surface area contributed by atoms with Crippen molar-refractivity contribution >= 4 is 5.91 Å². The minimum absolute atomic E-state index is 0.0360. The van der Waals surface area contributed by atoms with Crippen molar-refractivity contribution in [3.8, 4) is 11.3 Å². The van der Waals surface area contributed by atoms with Gasteiger partial charge in [0.15, 0.2) is 0 Å². The molecular formula is C15H23N5O2. The van der Waals surface area contributed by atoms with E-state index in [1.807, 2.05) is 27.8 Å². The number of nitrogens with zero attached hydrogens (tertiary/aromatic N) is 3. The summed E-state index contributed by atoms with van der Waals surface area (Å²) in [6, 6.07) is 1.70. The second-order valence-electron chi connectivity index (χ2n) is 5.43. The lowest BCUT2D eigenvalue weighted by atomic mass is 10.1. The van der Waals surface area contributed by atoms with Gasteiger partial charge in [-0.1, -0.05) is 6.92 Å². The molecular weight excluding hydrogens is 282 g/mol. The lowest BCUT2D eigenvalue weighted by Gasteiger charge is -2.14. The van der Waals surface area contributed by atoms with Crippen LogP contribution in [0.1, 0.15) is 41.6 Å². The Kier molecular flexibility index (Phi) is 4.97. The fourth-order valence-electron chi connectivity index (χ4n) is 2.51. The van der Waals surface area contributed by atoms with Gasteiger partial charge in [-0.05, 0) is 32.8 Å². The Balaban J connectivity index is 2.19. The molecule has 0 saturated heterocycles. The normalized spacial score (nSPS) is 12.4. The number of aryl methyl sites for hydroxylation is 2. The van der Waals surface area contributed by atoms with Crippen molar-refractivity contribution in [2.45, 2.75) is 39.7 Å². The van der Waals surface area contributed by atoms with Crippen molar-refractivity contribution in [1.29, 1.82) is 0 Å².